The minimum absolute atomic E-state index is 0. The van der Waals surface area contributed by atoms with Crippen LogP contribution in [-0.2, 0) is 9.53 Å². The molecule has 112 valence electrons. The molecule has 0 aliphatic carbocycles. The quantitative estimate of drug-likeness (QED) is 0.370. The summed E-state index contributed by atoms with van der Waals surface area (Å²) in [5, 5.41) is 0. The Morgan fingerprint density at radius 1 is 1.11 bits per heavy atom. The van der Waals surface area contributed by atoms with Crippen LogP contribution in [0.2, 0.25) is 0 Å². The third-order valence-electron chi connectivity index (χ3n) is 2.37. The summed E-state index contributed by atoms with van der Waals surface area (Å²) in [7, 11) is 5.92. The molecule has 0 radical (unpaired) electrons. The number of carbonyl (C=O) groups is 1. The number of ether oxygens (including phenoxy) is 1. The van der Waals surface area contributed by atoms with Crippen LogP contribution in [-0.4, -0.2) is 44.7 Å². The van der Waals surface area contributed by atoms with Gasteiger partial charge in [-0.1, -0.05) is 17.2 Å². The van der Waals surface area contributed by atoms with Crippen molar-refractivity contribution in [1.82, 2.24) is 0 Å². The van der Waals surface area contributed by atoms with Gasteiger partial charge in [-0.25, -0.2) is 4.79 Å². The van der Waals surface area contributed by atoms with Crippen LogP contribution in [0.1, 0.15) is 33.6 Å². The van der Waals surface area contributed by atoms with E-state index < -0.39 is 0 Å². The Bertz CT molecular complexity index is 324. The van der Waals surface area contributed by atoms with Gasteiger partial charge in [-0.3, -0.25) is 0 Å². The normalized spacial score (nSPS) is 11.6. The van der Waals surface area contributed by atoms with Crippen molar-refractivity contribution < 1.29 is 31.0 Å². The number of nitrogens with zero attached hydrogens (tertiary/aromatic N) is 1. The smallest absolute Gasteiger partial charge is 0.362 e. The molecule has 0 rings (SSSR count). The van der Waals surface area contributed by atoms with Crippen molar-refractivity contribution >= 4 is 5.97 Å². The van der Waals surface area contributed by atoms with Gasteiger partial charge in [0.05, 0.1) is 21.1 Å². The Labute approximate surface area is 128 Å². The Balaban J connectivity index is 0. The van der Waals surface area contributed by atoms with Gasteiger partial charge in [-0.2, -0.15) is 0 Å². The van der Waals surface area contributed by atoms with Gasteiger partial charge in [-0.15, -0.1) is 0 Å². The number of rotatable bonds is 7. The van der Waals surface area contributed by atoms with E-state index in [-0.39, 0.29) is 23.0 Å². The van der Waals surface area contributed by atoms with Gasteiger partial charge in [-0.05, 0) is 39.7 Å². The lowest BCUT2D eigenvalue weighted by atomic mass is 10.1. The van der Waals surface area contributed by atoms with Gasteiger partial charge in [0.15, 0.2) is 6.54 Å². The van der Waals surface area contributed by atoms with Crippen LogP contribution in [0.15, 0.2) is 23.3 Å². The average Bonchev–Trinajstić information content (AvgIpc) is 2.13. The first kappa shape index (κ1) is 20.7. The number of carbonyl (C=O) groups excluding carboxylic acids is 1. The van der Waals surface area contributed by atoms with Gasteiger partial charge >= 0.3 is 5.97 Å². The third-order valence-corrected chi connectivity index (χ3v) is 2.37. The lowest BCUT2D eigenvalue weighted by molar-refractivity contribution is -0.862. The molecule has 0 aliphatic heterocycles. The van der Waals surface area contributed by atoms with Crippen LogP contribution in [0, 0.1) is 0 Å². The number of hydrogen-bond donors (Lipinski definition) is 0. The van der Waals surface area contributed by atoms with Crippen molar-refractivity contribution in [2.75, 3.05) is 34.3 Å². The summed E-state index contributed by atoms with van der Waals surface area (Å²) in [5.74, 6) is -0.143. The molecule has 0 saturated heterocycles. The molecule has 0 aromatic rings. The Morgan fingerprint density at radius 2 is 1.68 bits per heavy atom. The molecule has 0 fully saturated rings. The first-order valence-electron chi connectivity index (χ1n) is 6.46. The second-order valence-electron chi connectivity index (χ2n) is 6.00. The molecule has 3 nitrogen and oxygen atoms in total. The molecule has 0 atom stereocenters. The molecule has 0 aromatic carbocycles. The van der Waals surface area contributed by atoms with Crippen molar-refractivity contribution in [1.29, 1.82) is 0 Å². The molecule has 0 bridgehead atoms. The maximum atomic E-state index is 11.5. The Hall–Kier alpha value is -0.610. The van der Waals surface area contributed by atoms with E-state index in [0.29, 0.717) is 17.6 Å². The molecule has 0 unspecified atom stereocenters. The predicted octanol–water partition coefficient (Wildman–Crippen LogP) is -0.0675. The minimum Gasteiger partial charge on any atom is -1.00 e. The van der Waals surface area contributed by atoms with Gasteiger partial charge in [0.25, 0.3) is 0 Å². The summed E-state index contributed by atoms with van der Waals surface area (Å²) in [6.07, 6.45) is 6.29. The van der Waals surface area contributed by atoms with Crippen LogP contribution in [0.5, 0.6) is 0 Å². The summed E-state index contributed by atoms with van der Waals surface area (Å²) >= 11 is 0. The van der Waals surface area contributed by atoms with Gasteiger partial charge in [0.1, 0.15) is 6.61 Å². The van der Waals surface area contributed by atoms with Crippen LogP contribution in [0.4, 0.5) is 0 Å². The lowest BCUT2D eigenvalue weighted by Crippen LogP contribution is -3.00. The number of halogens is 1. The second-order valence-corrected chi connectivity index (χ2v) is 6.00. The Morgan fingerprint density at radius 3 is 2.16 bits per heavy atom. The maximum absolute atomic E-state index is 11.5. The van der Waals surface area contributed by atoms with Gasteiger partial charge in [0.2, 0.25) is 0 Å². The van der Waals surface area contributed by atoms with Crippen LogP contribution in [0.3, 0.4) is 0 Å². The molecule has 0 heterocycles. The molecule has 0 N–H and O–H groups in total. The van der Waals surface area contributed by atoms with Crippen molar-refractivity contribution in [2.45, 2.75) is 33.6 Å². The van der Waals surface area contributed by atoms with Crippen molar-refractivity contribution in [3.63, 3.8) is 0 Å². The van der Waals surface area contributed by atoms with Crippen molar-refractivity contribution in [2.24, 2.45) is 0 Å². The zero-order valence-electron chi connectivity index (χ0n) is 13.1. The summed E-state index contributed by atoms with van der Waals surface area (Å²) in [4.78, 5) is 11.5. The highest BCUT2D eigenvalue weighted by Gasteiger charge is 2.14. The second kappa shape index (κ2) is 10.2. The zero-order valence-corrected chi connectivity index (χ0v) is 14.7. The van der Waals surface area contributed by atoms with Crippen molar-refractivity contribution in [3.8, 4) is 0 Å². The van der Waals surface area contributed by atoms with Crippen LogP contribution < -0.4 is 17.0 Å². The van der Waals surface area contributed by atoms with E-state index in [1.54, 1.807) is 0 Å². The summed E-state index contributed by atoms with van der Waals surface area (Å²) in [6.45, 7) is 7.08. The summed E-state index contributed by atoms with van der Waals surface area (Å²) in [6, 6.07) is 0. The Kier molecular flexibility index (Phi) is 11.1. The topological polar surface area (TPSA) is 26.3 Å². The van der Waals surface area contributed by atoms with Crippen LogP contribution in [0.25, 0.3) is 0 Å². The lowest BCUT2D eigenvalue weighted by Gasteiger charge is -2.22. The summed E-state index contributed by atoms with van der Waals surface area (Å²) < 4.78 is 5.77. The fourth-order valence-electron chi connectivity index (χ4n) is 1.40. The number of hydrogen-bond acceptors (Lipinski definition) is 2. The van der Waals surface area contributed by atoms with Crippen LogP contribution >= 0.6 is 0 Å². The van der Waals surface area contributed by atoms with Gasteiger partial charge in [0, 0.05) is 0 Å². The van der Waals surface area contributed by atoms with E-state index in [1.165, 1.54) is 11.1 Å². The van der Waals surface area contributed by atoms with E-state index >= 15 is 0 Å². The number of allylic oxidation sites excluding steroid dienone is 3. The van der Waals surface area contributed by atoms with E-state index in [0.717, 1.165) is 12.8 Å². The predicted molar refractivity (Wildman–Crippen MR) is 76.3 cm³/mol. The fraction of sp³-hybridized carbons (Fsp3) is 0.667. The molecule has 0 amide bonds. The van der Waals surface area contributed by atoms with E-state index in [2.05, 4.69) is 26.8 Å². The highest BCUT2D eigenvalue weighted by molar-refractivity contribution is 5.70. The maximum Gasteiger partial charge on any atom is 0.362 e. The number of esters is 1. The van der Waals surface area contributed by atoms with Crippen molar-refractivity contribution in [3.05, 3.63) is 23.3 Å². The molecule has 0 aliphatic rings. The molecule has 0 saturated carbocycles. The highest BCUT2D eigenvalue weighted by Crippen LogP contribution is 2.06. The largest absolute Gasteiger partial charge is 1.00 e. The molecule has 19 heavy (non-hydrogen) atoms. The van der Waals surface area contributed by atoms with Gasteiger partial charge < -0.3 is 26.2 Å². The SMILES string of the molecule is CC(C)=CCC/C(C)=C/COC(=O)C[N+](C)(C)C.[Br-]. The zero-order chi connectivity index (χ0) is 14.2. The molecule has 0 spiro atoms. The van der Waals surface area contributed by atoms with E-state index in [1.807, 2.05) is 27.2 Å². The van der Waals surface area contributed by atoms with E-state index in [4.69, 9.17) is 4.74 Å². The fourth-order valence-corrected chi connectivity index (χ4v) is 1.40. The number of quaternary nitrogens is 1. The number of likely N-dealkylation sites (N-methyl/N-ethyl adjacent to an activating group) is 1. The molecular formula is C15H28BrNO2. The third kappa shape index (κ3) is 15.3. The molecule has 4 heteroatoms. The first-order valence-corrected chi connectivity index (χ1v) is 6.46. The van der Waals surface area contributed by atoms with E-state index in [9.17, 15) is 4.79 Å². The average molecular weight is 334 g/mol. The molecule has 0 aromatic heterocycles. The summed E-state index contributed by atoms with van der Waals surface area (Å²) in [5.41, 5.74) is 2.61. The molecular weight excluding hydrogens is 306 g/mol. The standard InChI is InChI=1S/C15H28NO2.BrH/c1-13(2)8-7-9-14(3)10-11-18-15(17)12-16(4,5)6;/h8,10H,7,9,11-12H2,1-6H3;1H/q+1;/p-1/b14-10+;. The monoisotopic (exact) mass is 333 g/mol. The minimum atomic E-state index is -0.143. The first-order chi connectivity index (χ1) is 8.20. The highest BCUT2D eigenvalue weighted by atomic mass is 79.9.